The predicted molar refractivity (Wildman–Crippen MR) is 106 cm³/mol. The van der Waals surface area contributed by atoms with Crippen LogP contribution in [0.3, 0.4) is 0 Å². The molecule has 0 atom stereocenters. The molecule has 0 unspecified atom stereocenters. The molecule has 0 radical (unpaired) electrons. The topological polar surface area (TPSA) is 74.6 Å². The summed E-state index contributed by atoms with van der Waals surface area (Å²) >= 11 is 6.08. The smallest absolute Gasteiger partial charge is 0.305 e. The molecule has 0 saturated heterocycles. The second-order valence-electron chi connectivity index (χ2n) is 6.55. The van der Waals surface area contributed by atoms with E-state index in [0.717, 1.165) is 5.56 Å². The molecule has 6 nitrogen and oxygen atoms in total. The van der Waals surface area contributed by atoms with E-state index < -0.39 is 16.0 Å². The Labute approximate surface area is 167 Å². The van der Waals surface area contributed by atoms with Crippen LogP contribution in [-0.2, 0) is 32.4 Å². The van der Waals surface area contributed by atoms with Gasteiger partial charge in [0.15, 0.2) is 0 Å². The number of hydrogen-bond donors (Lipinski definition) is 0. The monoisotopic (exact) mass is 419 g/mol. The number of esters is 1. The van der Waals surface area contributed by atoms with Crippen molar-refractivity contribution in [3.05, 3.63) is 58.7 Å². The Balaban J connectivity index is 1.86. The van der Waals surface area contributed by atoms with Crippen molar-refractivity contribution in [2.45, 2.75) is 24.2 Å². The van der Waals surface area contributed by atoms with E-state index in [4.69, 9.17) is 21.1 Å². The fourth-order valence-electron chi connectivity index (χ4n) is 3.44. The molecule has 0 fully saturated rings. The molecule has 8 heteroatoms. The Hall–Kier alpha value is -2.51. The number of carbonyl (C=O) groups is 1. The first kappa shape index (κ1) is 18.8. The highest BCUT2D eigenvalue weighted by atomic mass is 35.5. The standard InChI is InChI=1S/C20H18ClNO5S/c1-26-20(23)7-3-16-11-14-10-15(21)2-5-18(14)22(16)28(24,25)17-4-6-19-13(12-17)8-9-27-19/h2,4-6,10-12H,3,7-9H2,1H3. The van der Waals surface area contributed by atoms with Gasteiger partial charge in [0.2, 0.25) is 0 Å². The zero-order valence-corrected chi connectivity index (χ0v) is 16.7. The number of halogens is 1. The minimum atomic E-state index is -3.88. The second-order valence-corrected chi connectivity index (χ2v) is 8.78. The van der Waals surface area contributed by atoms with E-state index in [9.17, 15) is 13.2 Å². The van der Waals surface area contributed by atoms with Crippen molar-refractivity contribution >= 4 is 38.5 Å². The summed E-state index contributed by atoms with van der Waals surface area (Å²) in [5.41, 5.74) is 1.89. The molecule has 3 aromatic rings. The Morgan fingerprint density at radius 2 is 2.04 bits per heavy atom. The maximum atomic E-state index is 13.5. The number of fused-ring (bicyclic) bond motifs is 2. The summed E-state index contributed by atoms with van der Waals surface area (Å²) in [5, 5.41) is 1.21. The molecule has 0 spiro atoms. The van der Waals surface area contributed by atoms with Crippen LogP contribution >= 0.6 is 11.6 Å². The molecule has 0 bridgehead atoms. The van der Waals surface area contributed by atoms with Gasteiger partial charge < -0.3 is 9.47 Å². The Morgan fingerprint density at radius 3 is 2.82 bits per heavy atom. The molecule has 0 saturated carbocycles. The van der Waals surface area contributed by atoms with Crippen LogP contribution in [-0.4, -0.2) is 32.1 Å². The molecular weight excluding hydrogens is 402 g/mol. The summed E-state index contributed by atoms with van der Waals surface area (Å²) in [5.74, 6) is 0.316. The van der Waals surface area contributed by atoms with Crippen LogP contribution < -0.4 is 4.74 Å². The summed E-state index contributed by atoms with van der Waals surface area (Å²) in [6.45, 7) is 0.550. The Bertz CT molecular complexity index is 1180. The largest absolute Gasteiger partial charge is 0.493 e. The number of rotatable bonds is 5. The second kappa shape index (κ2) is 7.14. The normalized spacial score (nSPS) is 13.4. The summed E-state index contributed by atoms with van der Waals surface area (Å²) in [7, 11) is -2.57. The van der Waals surface area contributed by atoms with Crippen molar-refractivity contribution in [2.75, 3.05) is 13.7 Å². The maximum Gasteiger partial charge on any atom is 0.305 e. The van der Waals surface area contributed by atoms with Crippen molar-refractivity contribution in [1.29, 1.82) is 0 Å². The van der Waals surface area contributed by atoms with E-state index in [0.29, 0.717) is 40.4 Å². The fourth-order valence-corrected chi connectivity index (χ4v) is 5.24. The van der Waals surface area contributed by atoms with E-state index in [1.54, 1.807) is 42.5 Å². The van der Waals surface area contributed by atoms with Gasteiger partial charge in [-0.1, -0.05) is 11.6 Å². The summed E-state index contributed by atoms with van der Waals surface area (Å²) in [6.07, 6.45) is 0.982. The first-order valence-electron chi connectivity index (χ1n) is 8.78. The van der Waals surface area contributed by atoms with E-state index >= 15 is 0 Å². The predicted octanol–water partition coefficient (Wildman–Crippen LogP) is 3.57. The van der Waals surface area contributed by atoms with Crippen LogP contribution in [0.15, 0.2) is 47.4 Å². The van der Waals surface area contributed by atoms with Crippen LogP contribution in [0.4, 0.5) is 0 Å². The highest BCUT2D eigenvalue weighted by molar-refractivity contribution is 7.90. The Kier molecular flexibility index (Phi) is 4.81. The average Bonchev–Trinajstić information content (AvgIpc) is 3.29. The van der Waals surface area contributed by atoms with Gasteiger partial charge in [-0.3, -0.25) is 4.79 Å². The molecule has 146 valence electrons. The van der Waals surface area contributed by atoms with Crippen molar-refractivity contribution in [1.82, 2.24) is 3.97 Å². The van der Waals surface area contributed by atoms with Gasteiger partial charge in [0.05, 0.1) is 30.5 Å². The Morgan fingerprint density at radius 1 is 1.21 bits per heavy atom. The zero-order chi connectivity index (χ0) is 19.9. The third-order valence-corrected chi connectivity index (χ3v) is 6.80. The number of carbonyl (C=O) groups excluding carboxylic acids is 1. The lowest BCUT2D eigenvalue weighted by Crippen LogP contribution is -2.16. The van der Waals surface area contributed by atoms with Gasteiger partial charge in [-0.15, -0.1) is 0 Å². The molecule has 0 amide bonds. The highest BCUT2D eigenvalue weighted by Crippen LogP contribution is 2.32. The zero-order valence-electron chi connectivity index (χ0n) is 15.1. The SMILES string of the molecule is COC(=O)CCc1cc2cc(Cl)ccc2n1S(=O)(=O)c1ccc2c(c1)CCO2. The minimum absolute atomic E-state index is 0.0775. The summed E-state index contributed by atoms with van der Waals surface area (Å²) in [4.78, 5) is 11.8. The number of hydrogen-bond acceptors (Lipinski definition) is 5. The number of ether oxygens (including phenoxy) is 2. The lowest BCUT2D eigenvalue weighted by molar-refractivity contribution is -0.140. The van der Waals surface area contributed by atoms with Crippen molar-refractivity contribution in [2.24, 2.45) is 0 Å². The summed E-state index contributed by atoms with van der Waals surface area (Å²) < 4.78 is 38.5. The highest BCUT2D eigenvalue weighted by Gasteiger charge is 2.25. The molecule has 2 heterocycles. The van der Waals surface area contributed by atoms with E-state index in [2.05, 4.69) is 0 Å². The number of nitrogens with zero attached hydrogens (tertiary/aromatic N) is 1. The minimum Gasteiger partial charge on any atom is -0.493 e. The van der Waals surface area contributed by atoms with Crippen molar-refractivity contribution in [3.63, 3.8) is 0 Å². The molecule has 1 aromatic heterocycles. The average molecular weight is 420 g/mol. The maximum absolute atomic E-state index is 13.5. The van der Waals surface area contributed by atoms with Crippen LogP contribution in [0.5, 0.6) is 5.75 Å². The number of benzene rings is 2. The van der Waals surface area contributed by atoms with Gasteiger partial charge in [-0.05, 0) is 54.4 Å². The van der Waals surface area contributed by atoms with Gasteiger partial charge in [0, 0.05) is 22.5 Å². The van der Waals surface area contributed by atoms with Crippen molar-refractivity contribution in [3.8, 4) is 5.75 Å². The molecular formula is C20H18ClNO5S. The van der Waals surface area contributed by atoms with Crippen LogP contribution in [0.2, 0.25) is 5.02 Å². The van der Waals surface area contributed by atoms with Crippen LogP contribution in [0.25, 0.3) is 10.9 Å². The van der Waals surface area contributed by atoms with Gasteiger partial charge in [-0.25, -0.2) is 12.4 Å². The van der Waals surface area contributed by atoms with Crippen LogP contribution in [0.1, 0.15) is 17.7 Å². The molecule has 2 aromatic carbocycles. The molecule has 28 heavy (non-hydrogen) atoms. The lowest BCUT2D eigenvalue weighted by Gasteiger charge is -2.13. The first-order chi connectivity index (χ1) is 13.4. The molecule has 4 rings (SSSR count). The van der Waals surface area contributed by atoms with Gasteiger partial charge in [-0.2, -0.15) is 0 Å². The number of aromatic nitrogens is 1. The van der Waals surface area contributed by atoms with E-state index in [-0.39, 0.29) is 17.7 Å². The number of aryl methyl sites for hydroxylation is 1. The van der Waals surface area contributed by atoms with Gasteiger partial charge in [0.25, 0.3) is 10.0 Å². The van der Waals surface area contributed by atoms with Gasteiger partial charge >= 0.3 is 5.97 Å². The molecule has 1 aliphatic rings. The quantitative estimate of drug-likeness (QED) is 0.591. The molecule has 0 N–H and O–H groups in total. The van der Waals surface area contributed by atoms with Crippen LogP contribution in [0, 0.1) is 0 Å². The molecule has 1 aliphatic heterocycles. The van der Waals surface area contributed by atoms with E-state index in [1.807, 2.05) is 0 Å². The third-order valence-electron chi connectivity index (χ3n) is 4.80. The fraction of sp³-hybridized carbons (Fsp3) is 0.250. The van der Waals surface area contributed by atoms with Crippen molar-refractivity contribution < 1.29 is 22.7 Å². The lowest BCUT2D eigenvalue weighted by atomic mass is 10.2. The third kappa shape index (κ3) is 3.25. The van der Waals surface area contributed by atoms with Gasteiger partial charge in [0.1, 0.15) is 5.75 Å². The summed E-state index contributed by atoms with van der Waals surface area (Å²) in [6, 6.07) is 11.7. The van der Waals surface area contributed by atoms with E-state index in [1.165, 1.54) is 11.1 Å². The molecule has 0 aliphatic carbocycles. The number of methoxy groups -OCH3 is 1. The first-order valence-corrected chi connectivity index (χ1v) is 10.6.